The van der Waals surface area contributed by atoms with Crippen molar-refractivity contribution in [3.8, 4) is 0 Å². The number of anilines is 1. The summed E-state index contributed by atoms with van der Waals surface area (Å²) in [4.78, 5) is 14.6. The third-order valence-electron chi connectivity index (χ3n) is 3.38. The second-order valence-corrected chi connectivity index (χ2v) is 6.36. The van der Waals surface area contributed by atoms with Crippen LogP contribution < -0.4 is 4.90 Å². The number of carboxylic acid groups (broad SMARTS) is 1. The van der Waals surface area contributed by atoms with Crippen molar-refractivity contribution in [2.45, 2.75) is 19.0 Å². The zero-order chi connectivity index (χ0) is 13.4. The zero-order valence-corrected chi connectivity index (χ0v) is 12.4. The van der Waals surface area contributed by atoms with Crippen LogP contribution in [0.1, 0.15) is 10.4 Å². The molecule has 0 saturated carbocycles. The van der Waals surface area contributed by atoms with E-state index in [0.29, 0.717) is 13.0 Å². The standard InChI is InChI=1S/C14H12BrNO2S/c15-10-5-6-19-13(10)8-16-11-4-2-1-3-9(11)7-12(16)14(17)18/h1-6,12H,7-8H2,(H,17,18). The molecule has 2 heterocycles. The van der Waals surface area contributed by atoms with Crippen LogP contribution in [0.3, 0.4) is 0 Å². The summed E-state index contributed by atoms with van der Waals surface area (Å²) in [6.45, 7) is 0.631. The summed E-state index contributed by atoms with van der Waals surface area (Å²) in [6, 6.07) is 9.46. The van der Waals surface area contributed by atoms with Gasteiger partial charge in [0.25, 0.3) is 0 Å². The van der Waals surface area contributed by atoms with Gasteiger partial charge >= 0.3 is 5.97 Å². The van der Waals surface area contributed by atoms with Gasteiger partial charge in [-0.15, -0.1) is 11.3 Å². The Labute approximate surface area is 123 Å². The molecule has 98 valence electrons. The van der Waals surface area contributed by atoms with Crippen LogP contribution in [0.15, 0.2) is 40.2 Å². The molecule has 0 aliphatic carbocycles. The first-order chi connectivity index (χ1) is 9.16. The molecule has 1 aromatic carbocycles. The molecule has 0 bridgehead atoms. The monoisotopic (exact) mass is 337 g/mol. The molecule has 1 atom stereocenters. The van der Waals surface area contributed by atoms with E-state index < -0.39 is 12.0 Å². The van der Waals surface area contributed by atoms with Crippen molar-refractivity contribution >= 4 is 38.9 Å². The first-order valence-electron chi connectivity index (χ1n) is 5.96. The maximum absolute atomic E-state index is 11.4. The number of aliphatic carboxylic acids is 1. The van der Waals surface area contributed by atoms with Crippen LogP contribution in [-0.2, 0) is 17.8 Å². The summed E-state index contributed by atoms with van der Waals surface area (Å²) in [6.07, 6.45) is 0.578. The fourth-order valence-electron chi connectivity index (χ4n) is 2.46. The lowest BCUT2D eigenvalue weighted by Gasteiger charge is -2.24. The fraction of sp³-hybridized carbons (Fsp3) is 0.214. The van der Waals surface area contributed by atoms with E-state index in [1.54, 1.807) is 11.3 Å². The van der Waals surface area contributed by atoms with Gasteiger partial charge in [-0.2, -0.15) is 0 Å². The third-order valence-corrected chi connectivity index (χ3v) is 5.29. The van der Waals surface area contributed by atoms with E-state index in [1.165, 1.54) is 0 Å². The minimum absolute atomic E-state index is 0.466. The Morgan fingerprint density at radius 3 is 2.89 bits per heavy atom. The van der Waals surface area contributed by atoms with Crippen LogP contribution in [0.4, 0.5) is 5.69 Å². The minimum atomic E-state index is -0.760. The van der Waals surface area contributed by atoms with Crippen LogP contribution in [0.25, 0.3) is 0 Å². The van der Waals surface area contributed by atoms with E-state index in [4.69, 9.17) is 0 Å². The summed E-state index contributed by atoms with van der Waals surface area (Å²) in [5.41, 5.74) is 2.15. The molecule has 0 amide bonds. The fourth-order valence-corrected chi connectivity index (χ4v) is 3.93. The highest BCUT2D eigenvalue weighted by Gasteiger charge is 2.34. The Bertz CT molecular complexity index is 625. The average Bonchev–Trinajstić information content (AvgIpc) is 2.95. The summed E-state index contributed by atoms with van der Waals surface area (Å²) in [5.74, 6) is -0.760. The summed E-state index contributed by atoms with van der Waals surface area (Å²) >= 11 is 5.15. The second-order valence-electron chi connectivity index (χ2n) is 4.51. The second kappa shape index (κ2) is 4.98. The maximum atomic E-state index is 11.4. The largest absolute Gasteiger partial charge is 0.480 e. The molecule has 0 saturated heterocycles. The van der Waals surface area contributed by atoms with E-state index in [2.05, 4.69) is 15.9 Å². The highest BCUT2D eigenvalue weighted by molar-refractivity contribution is 9.10. The predicted molar refractivity (Wildman–Crippen MR) is 79.8 cm³/mol. The molecule has 19 heavy (non-hydrogen) atoms. The van der Waals surface area contributed by atoms with Gasteiger partial charge in [0.1, 0.15) is 6.04 Å². The van der Waals surface area contributed by atoms with Gasteiger partial charge in [-0.1, -0.05) is 18.2 Å². The first kappa shape index (κ1) is 12.7. The summed E-state index contributed by atoms with van der Waals surface area (Å²) in [7, 11) is 0. The quantitative estimate of drug-likeness (QED) is 0.931. The average molecular weight is 338 g/mol. The van der Waals surface area contributed by atoms with Crippen LogP contribution in [0.5, 0.6) is 0 Å². The number of fused-ring (bicyclic) bond motifs is 1. The zero-order valence-electron chi connectivity index (χ0n) is 10.0. The lowest BCUT2D eigenvalue weighted by Crippen LogP contribution is -2.37. The topological polar surface area (TPSA) is 40.5 Å². The van der Waals surface area contributed by atoms with E-state index in [-0.39, 0.29) is 0 Å². The van der Waals surface area contributed by atoms with Gasteiger partial charge in [-0.25, -0.2) is 4.79 Å². The van der Waals surface area contributed by atoms with E-state index >= 15 is 0 Å². The van der Waals surface area contributed by atoms with Gasteiger partial charge in [0.2, 0.25) is 0 Å². The van der Waals surface area contributed by atoms with Crippen LogP contribution in [0, 0.1) is 0 Å². The molecule has 1 aromatic heterocycles. The molecule has 1 aliphatic heterocycles. The molecule has 5 heteroatoms. The van der Waals surface area contributed by atoms with Gasteiger partial charge in [0.15, 0.2) is 0 Å². The first-order valence-corrected chi connectivity index (χ1v) is 7.63. The number of hydrogen-bond donors (Lipinski definition) is 1. The molecule has 1 aliphatic rings. The molecule has 3 rings (SSSR count). The number of carboxylic acids is 1. The van der Waals surface area contributed by atoms with E-state index in [1.807, 2.05) is 40.6 Å². The van der Waals surface area contributed by atoms with E-state index in [9.17, 15) is 9.90 Å². The lowest BCUT2D eigenvalue weighted by atomic mass is 10.1. The number of hydrogen-bond acceptors (Lipinski definition) is 3. The van der Waals surface area contributed by atoms with Gasteiger partial charge in [0, 0.05) is 21.5 Å². The van der Waals surface area contributed by atoms with Crippen molar-refractivity contribution in [1.82, 2.24) is 0 Å². The van der Waals surface area contributed by atoms with Gasteiger partial charge in [0.05, 0.1) is 6.54 Å². The molecule has 3 nitrogen and oxygen atoms in total. The SMILES string of the molecule is O=C(O)C1Cc2ccccc2N1Cc1sccc1Br. The lowest BCUT2D eigenvalue weighted by molar-refractivity contribution is -0.138. The smallest absolute Gasteiger partial charge is 0.326 e. The van der Waals surface area contributed by atoms with Crippen molar-refractivity contribution < 1.29 is 9.90 Å². The van der Waals surface area contributed by atoms with Gasteiger partial charge in [-0.05, 0) is 39.0 Å². The number of halogens is 1. The third kappa shape index (κ3) is 2.28. The molecular weight excluding hydrogens is 326 g/mol. The highest BCUT2D eigenvalue weighted by atomic mass is 79.9. The molecule has 0 spiro atoms. The summed E-state index contributed by atoms with van der Waals surface area (Å²) < 4.78 is 1.05. The number of nitrogens with zero attached hydrogens (tertiary/aromatic N) is 1. The Balaban J connectivity index is 1.96. The number of benzene rings is 1. The Morgan fingerprint density at radius 1 is 1.42 bits per heavy atom. The van der Waals surface area contributed by atoms with Crippen LogP contribution in [-0.4, -0.2) is 17.1 Å². The molecule has 1 N–H and O–H groups in total. The molecule has 1 unspecified atom stereocenters. The number of para-hydroxylation sites is 1. The van der Waals surface area contributed by atoms with Gasteiger partial charge in [-0.3, -0.25) is 0 Å². The van der Waals surface area contributed by atoms with Crippen molar-refractivity contribution in [1.29, 1.82) is 0 Å². The predicted octanol–water partition coefficient (Wildman–Crippen LogP) is 3.53. The number of carbonyl (C=O) groups is 1. The highest BCUT2D eigenvalue weighted by Crippen LogP contribution is 2.35. The van der Waals surface area contributed by atoms with E-state index in [0.717, 1.165) is 20.6 Å². The Hall–Kier alpha value is -1.33. The van der Waals surface area contributed by atoms with Crippen LogP contribution in [0.2, 0.25) is 0 Å². The van der Waals surface area contributed by atoms with Crippen molar-refractivity contribution in [3.05, 3.63) is 50.6 Å². The Kier molecular flexibility index (Phi) is 3.33. The summed E-state index contributed by atoms with van der Waals surface area (Å²) in [5, 5.41) is 11.4. The van der Waals surface area contributed by atoms with Gasteiger partial charge < -0.3 is 10.0 Å². The van der Waals surface area contributed by atoms with Crippen LogP contribution >= 0.6 is 27.3 Å². The number of rotatable bonds is 3. The minimum Gasteiger partial charge on any atom is -0.480 e. The van der Waals surface area contributed by atoms with Crippen molar-refractivity contribution in [2.24, 2.45) is 0 Å². The Morgan fingerprint density at radius 2 is 2.21 bits per heavy atom. The maximum Gasteiger partial charge on any atom is 0.326 e. The molecule has 2 aromatic rings. The molecule has 0 radical (unpaired) electrons. The molecule has 0 fully saturated rings. The molecular formula is C14H12BrNO2S. The normalized spacial score (nSPS) is 17.5. The number of thiophene rings is 1. The van der Waals surface area contributed by atoms with Crippen molar-refractivity contribution in [3.63, 3.8) is 0 Å². The van der Waals surface area contributed by atoms with Crippen molar-refractivity contribution in [2.75, 3.05) is 4.90 Å².